The normalized spacial score (nSPS) is 21.0. The van der Waals surface area contributed by atoms with E-state index < -0.39 is 133 Å². The smallest absolute Gasteiger partial charge is 0.410 e. The minimum absolute atomic E-state index is 0.0170. The predicted octanol–water partition coefficient (Wildman–Crippen LogP) is 4.23. The van der Waals surface area contributed by atoms with Crippen LogP contribution >= 0.6 is 0 Å². The lowest BCUT2D eigenvalue weighted by Crippen LogP contribution is -2.61. The molecule has 3 aliphatic heterocycles. The average molecular weight is 1750 g/mol. The van der Waals surface area contributed by atoms with Crippen molar-refractivity contribution >= 4 is 65.0 Å². The molecule has 7 N–H and O–H groups in total. The van der Waals surface area contributed by atoms with Crippen LogP contribution in [0.1, 0.15) is 146 Å². The number of carboxylic acids is 2. The summed E-state index contributed by atoms with van der Waals surface area (Å²) in [5.74, 6) is -8.56. The van der Waals surface area contributed by atoms with Gasteiger partial charge in [0.15, 0.2) is 6.10 Å². The standard InChI is InChI=1S/C87H131N9O28/c1-12-56(6)75(69(113-10)49-72(101)95-31-16-20-65(95)79(114-11)57(7)67(98)48-62(84(108)109)46-58-18-14-13-15-19-58)92(8)83(107)73(54(2)3)89-82(106)74(55(4)5)93(9)87(112)122-52-63-47-61(26-27-68(63)123-86-78(104)76(102)77(103)80(124-86)85(110)111)81(105)88-30-34-116-37-40-119-41-38-117-35-32-94-51-64(90-91-94)53-121-45-44-120-43-42-118-39-36-115-33-17-21-66(97)60-24-22-59(23-25-60)50-96-70(99)28-29-71(96)100/h13-15,18-19,26-29,47,51,54-57,59-60,62,65,69,73-80,86,102-104H,12,16-17,20-25,30-46,48-50,52-53H2,1-11H3,(H,88,105)(H,89,106)(H,108,109)(H,110,111)/t56?,57-,59?,60?,62?,65-,69+,73-,74-,75-,76-,77-,78+,79+,80-,86?/m0/s1. The van der Waals surface area contributed by atoms with Crippen LogP contribution in [0.25, 0.3) is 0 Å². The molecule has 1 aliphatic carbocycles. The maximum atomic E-state index is 15.0. The lowest BCUT2D eigenvalue weighted by molar-refractivity contribution is -0.271. The lowest BCUT2D eigenvalue weighted by Gasteiger charge is -2.41. The zero-order valence-electron chi connectivity index (χ0n) is 73.4. The first-order chi connectivity index (χ1) is 59.4. The van der Waals surface area contributed by atoms with E-state index in [-0.39, 0.29) is 123 Å². The molecule has 14 atom stereocenters. The van der Waals surface area contributed by atoms with Gasteiger partial charge in [-0.25, -0.2) is 14.3 Å². The second-order valence-corrected chi connectivity index (χ2v) is 32.6. The van der Waals surface area contributed by atoms with Gasteiger partial charge in [0.2, 0.25) is 24.0 Å². The molecule has 4 heterocycles. The maximum Gasteiger partial charge on any atom is 0.410 e. The summed E-state index contributed by atoms with van der Waals surface area (Å²) in [6.45, 7) is 17.4. The number of nitrogens with zero attached hydrogens (tertiary/aromatic N) is 7. The number of aliphatic hydroxyl groups excluding tert-OH is 3. The van der Waals surface area contributed by atoms with Gasteiger partial charge < -0.3 is 103 Å². The van der Waals surface area contributed by atoms with Crippen LogP contribution in [-0.2, 0) is 121 Å². The van der Waals surface area contributed by atoms with Gasteiger partial charge >= 0.3 is 18.0 Å². The van der Waals surface area contributed by atoms with Crippen molar-refractivity contribution in [1.82, 2.24) is 45.2 Å². The fraction of sp³-hybridized carbons (Fsp3) is 0.690. The molecular formula is C87H131N9O28. The Morgan fingerprint density at radius 1 is 0.685 bits per heavy atom. The number of aliphatic hydroxyl groups is 3. The van der Waals surface area contributed by atoms with Gasteiger partial charge in [-0.3, -0.25) is 53.0 Å². The van der Waals surface area contributed by atoms with E-state index in [1.54, 1.807) is 69.6 Å². The van der Waals surface area contributed by atoms with E-state index in [0.29, 0.717) is 117 Å². The van der Waals surface area contributed by atoms with E-state index in [2.05, 4.69) is 20.9 Å². The molecular weight excluding hydrogens is 1620 g/mol. The second-order valence-electron chi connectivity index (χ2n) is 32.6. The quantitative estimate of drug-likeness (QED) is 0.0307. The topological polar surface area (TPSA) is 467 Å². The summed E-state index contributed by atoms with van der Waals surface area (Å²) in [5.41, 5.74) is 1.41. The fourth-order valence-electron chi connectivity index (χ4n) is 15.9. The van der Waals surface area contributed by atoms with Crippen molar-refractivity contribution in [1.29, 1.82) is 0 Å². The monoisotopic (exact) mass is 1750 g/mol. The number of likely N-dealkylation sites (N-methyl/N-ethyl adjacent to an activating group) is 2. The molecule has 2 saturated heterocycles. The summed E-state index contributed by atoms with van der Waals surface area (Å²) >= 11 is 0. The van der Waals surface area contributed by atoms with Gasteiger partial charge in [0.05, 0.1) is 135 Å². The molecule has 2 aromatic carbocycles. The second kappa shape index (κ2) is 53.0. The number of Topliss-reactive ketones (excluding diaryl/α,β-unsaturated/α-hetero) is 2. The number of amides is 7. The number of aliphatic carboxylic acids is 2. The van der Waals surface area contributed by atoms with Gasteiger partial charge in [0.25, 0.3) is 17.7 Å². The first kappa shape index (κ1) is 102. The molecule has 0 bridgehead atoms. The van der Waals surface area contributed by atoms with Crippen molar-refractivity contribution in [2.75, 3.05) is 134 Å². The third-order valence-corrected chi connectivity index (χ3v) is 23.1. The molecule has 4 aliphatic rings. The van der Waals surface area contributed by atoms with Crippen LogP contribution in [0, 0.1) is 41.4 Å². The number of carbonyl (C=O) groups excluding carboxylic acids is 9. The molecule has 3 unspecified atom stereocenters. The van der Waals surface area contributed by atoms with Gasteiger partial charge in [0.1, 0.15) is 60.0 Å². The molecule has 124 heavy (non-hydrogen) atoms. The number of carboxylic acid groups (broad SMARTS) is 2. The highest BCUT2D eigenvalue weighted by Gasteiger charge is 2.49. The van der Waals surface area contributed by atoms with Crippen LogP contribution < -0.4 is 15.4 Å². The molecule has 1 aromatic heterocycles. The molecule has 3 fully saturated rings. The van der Waals surface area contributed by atoms with E-state index in [1.807, 2.05) is 32.0 Å². The summed E-state index contributed by atoms with van der Waals surface area (Å²) in [6.07, 6.45) is -2.56. The fourth-order valence-corrected chi connectivity index (χ4v) is 15.9. The van der Waals surface area contributed by atoms with E-state index in [1.165, 1.54) is 61.4 Å². The minimum Gasteiger partial charge on any atom is -0.481 e. The number of carbonyl (C=O) groups is 11. The number of aromatic nitrogens is 3. The summed E-state index contributed by atoms with van der Waals surface area (Å²) in [4.78, 5) is 153. The number of likely N-dealkylation sites (tertiary alicyclic amines) is 1. The Hall–Kier alpha value is -8.83. The van der Waals surface area contributed by atoms with Crippen molar-refractivity contribution in [3.8, 4) is 5.75 Å². The Kier molecular flexibility index (Phi) is 43.7. The zero-order valence-corrected chi connectivity index (χ0v) is 73.4. The van der Waals surface area contributed by atoms with Gasteiger partial charge in [-0.1, -0.05) is 90.4 Å². The van der Waals surface area contributed by atoms with E-state index in [9.17, 15) is 78.3 Å². The number of ether oxygens (including phenoxy) is 12. The van der Waals surface area contributed by atoms with Crippen LogP contribution in [0.5, 0.6) is 5.75 Å². The van der Waals surface area contributed by atoms with Gasteiger partial charge in [-0.2, -0.15) is 0 Å². The van der Waals surface area contributed by atoms with Crippen LogP contribution in [0.15, 0.2) is 66.9 Å². The first-order valence-corrected chi connectivity index (χ1v) is 43.0. The molecule has 7 rings (SSSR count). The summed E-state index contributed by atoms with van der Waals surface area (Å²) in [7, 11) is 5.81. The van der Waals surface area contributed by atoms with Crippen molar-refractivity contribution < 1.29 is 135 Å². The summed E-state index contributed by atoms with van der Waals surface area (Å²) in [6, 6.07) is 9.25. The number of ketones is 2. The summed E-state index contributed by atoms with van der Waals surface area (Å²) in [5, 5.41) is 65.7. The average Bonchev–Trinajstić information content (AvgIpc) is 1.20. The van der Waals surface area contributed by atoms with E-state index >= 15 is 0 Å². The third-order valence-electron chi connectivity index (χ3n) is 23.1. The number of methoxy groups -OCH3 is 2. The third kappa shape index (κ3) is 31.3. The number of hydrogen-bond donors (Lipinski definition) is 7. The maximum absolute atomic E-state index is 15.0. The molecule has 0 spiro atoms. The van der Waals surface area contributed by atoms with Crippen molar-refractivity contribution in [2.24, 2.45) is 41.4 Å². The number of benzene rings is 2. The number of hydrogen-bond acceptors (Lipinski definition) is 28. The molecule has 3 aromatic rings. The molecule has 0 radical (unpaired) electrons. The van der Waals surface area contributed by atoms with Gasteiger partial charge in [0, 0.05) is 103 Å². The predicted molar refractivity (Wildman–Crippen MR) is 444 cm³/mol. The van der Waals surface area contributed by atoms with Crippen molar-refractivity contribution in [3.63, 3.8) is 0 Å². The van der Waals surface area contributed by atoms with Gasteiger partial charge in [-0.05, 0) is 98.8 Å². The molecule has 692 valence electrons. The Bertz CT molecular complexity index is 3880. The van der Waals surface area contributed by atoms with Crippen LogP contribution in [0.2, 0.25) is 0 Å². The zero-order chi connectivity index (χ0) is 90.5. The number of nitrogens with one attached hydrogen (secondary N) is 2. The Morgan fingerprint density at radius 3 is 1.90 bits per heavy atom. The highest BCUT2D eigenvalue weighted by atomic mass is 16.7. The Morgan fingerprint density at radius 2 is 1.31 bits per heavy atom. The largest absolute Gasteiger partial charge is 0.481 e. The lowest BCUT2D eigenvalue weighted by atomic mass is 9.79. The highest BCUT2D eigenvalue weighted by molar-refractivity contribution is 6.13. The van der Waals surface area contributed by atoms with Gasteiger partial charge in [-0.15, -0.1) is 5.10 Å². The summed E-state index contributed by atoms with van der Waals surface area (Å²) < 4.78 is 70.3. The number of imide groups is 1. The molecule has 37 nitrogen and oxygen atoms in total. The van der Waals surface area contributed by atoms with E-state index in [4.69, 9.17) is 56.8 Å². The van der Waals surface area contributed by atoms with Crippen LogP contribution in [-0.4, -0.2) is 326 Å². The first-order valence-electron chi connectivity index (χ1n) is 43.0. The number of rotatable bonds is 58. The Balaban J connectivity index is 0.805. The molecule has 37 heteroatoms. The Labute approximate surface area is 725 Å². The minimum atomic E-state index is -2.05. The van der Waals surface area contributed by atoms with Crippen molar-refractivity contribution in [3.05, 3.63) is 89.3 Å². The van der Waals surface area contributed by atoms with Crippen LogP contribution in [0.3, 0.4) is 0 Å². The molecule has 7 amide bonds. The SMILES string of the molecule is CCC(C)[C@@H]([C@@H](CC(=O)N1CCC[C@H]1[C@H](OC)[C@@H](C)C(=O)CC(Cc1ccccc1)C(=O)O)OC)N(C)C(=O)[C@@H](NC(=O)[C@H](C(C)C)N(C)C(=O)OCc1cc(C(=O)NCCOCCOCCOCCn2cc(COCCOCCOCCOCCCC(=O)C3CCC(CN4C(=O)C=CC4=O)CC3)nn2)ccc1OC1O[C@H](C(=O)O)[C@@H](O)[C@H](O)[C@H]1O)C(C)C. The van der Waals surface area contributed by atoms with Crippen LogP contribution in [0.4, 0.5) is 4.79 Å². The molecule has 1 saturated carbocycles. The highest BCUT2D eigenvalue weighted by Crippen LogP contribution is 2.35. The van der Waals surface area contributed by atoms with E-state index in [0.717, 1.165) is 36.1 Å². The van der Waals surface area contributed by atoms with Crippen molar-refractivity contribution in [2.45, 2.75) is 212 Å².